The van der Waals surface area contributed by atoms with E-state index in [0.717, 1.165) is 12.1 Å². The molecule has 0 aromatic heterocycles. The lowest BCUT2D eigenvalue weighted by Gasteiger charge is -1.94. The Morgan fingerprint density at radius 3 is 2.69 bits per heavy atom. The molecule has 0 amide bonds. The number of hydrogen-bond donors (Lipinski definition) is 0. The number of unbranched alkanes of at least 4 members (excludes halogenated alkanes) is 4. The summed E-state index contributed by atoms with van der Waals surface area (Å²) < 4.78 is 0. The predicted molar refractivity (Wildman–Crippen MR) is 58.0 cm³/mol. The lowest BCUT2D eigenvalue weighted by atomic mass is 10.1. The second-order valence-electron chi connectivity index (χ2n) is 3.17. The summed E-state index contributed by atoms with van der Waals surface area (Å²) >= 11 is 0. The van der Waals surface area contributed by atoms with E-state index in [-0.39, 0.29) is 0 Å². The number of nitrogens with zero attached hydrogens (tertiary/aromatic N) is 1. The summed E-state index contributed by atoms with van der Waals surface area (Å²) in [6.45, 7) is 4.16. The van der Waals surface area contributed by atoms with Gasteiger partial charge in [-0.2, -0.15) is 0 Å². The van der Waals surface area contributed by atoms with Crippen molar-refractivity contribution in [2.45, 2.75) is 46.0 Å². The standard InChI is InChI=1S/C11H21NO/c1-4-5-6-7-8-9-10-11(2)12-13-3/h9-10H,4-8H2,1-3H3. The molecule has 2 heteroatoms. The van der Waals surface area contributed by atoms with Crippen molar-refractivity contribution in [2.75, 3.05) is 7.11 Å². The van der Waals surface area contributed by atoms with Crippen LogP contribution in [0, 0.1) is 0 Å². The van der Waals surface area contributed by atoms with E-state index in [1.54, 1.807) is 7.11 Å². The summed E-state index contributed by atoms with van der Waals surface area (Å²) in [7, 11) is 1.57. The van der Waals surface area contributed by atoms with Crippen molar-refractivity contribution in [1.29, 1.82) is 0 Å². The minimum absolute atomic E-state index is 0.929. The molecule has 0 aliphatic rings. The monoisotopic (exact) mass is 183 g/mol. The second-order valence-corrected chi connectivity index (χ2v) is 3.17. The third-order valence-corrected chi connectivity index (χ3v) is 1.82. The van der Waals surface area contributed by atoms with E-state index >= 15 is 0 Å². The van der Waals surface area contributed by atoms with Gasteiger partial charge in [-0.1, -0.05) is 37.4 Å². The smallest absolute Gasteiger partial charge is 0.106 e. The molecule has 0 atom stereocenters. The Balaban J connectivity index is 3.35. The topological polar surface area (TPSA) is 21.6 Å². The Kier molecular flexibility index (Phi) is 8.73. The summed E-state index contributed by atoms with van der Waals surface area (Å²) in [6.07, 6.45) is 10.6. The molecule has 0 spiro atoms. The maximum absolute atomic E-state index is 4.64. The summed E-state index contributed by atoms with van der Waals surface area (Å²) in [5.74, 6) is 0. The van der Waals surface area contributed by atoms with Crippen LogP contribution in [0.5, 0.6) is 0 Å². The van der Waals surface area contributed by atoms with Crippen LogP contribution >= 0.6 is 0 Å². The van der Waals surface area contributed by atoms with Gasteiger partial charge in [-0.15, -0.1) is 0 Å². The van der Waals surface area contributed by atoms with E-state index < -0.39 is 0 Å². The fourth-order valence-electron chi connectivity index (χ4n) is 1.12. The van der Waals surface area contributed by atoms with Crippen molar-refractivity contribution in [3.63, 3.8) is 0 Å². The Labute approximate surface area is 81.7 Å². The minimum Gasteiger partial charge on any atom is -0.399 e. The lowest BCUT2D eigenvalue weighted by molar-refractivity contribution is 0.213. The molecule has 76 valence electrons. The Morgan fingerprint density at radius 2 is 2.08 bits per heavy atom. The maximum Gasteiger partial charge on any atom is 0.106 e. The first-order valence-electron chi connectivity index (χ1n) is 5.05. The van der Waals surface area contributed by atoms with Crippen molar-refractivity contribution in [3.8, 4) is 0 Å². The van der Waals surface area contributed by atoms with E-state index in [9.17, 15) is 0 Å². The summed E-state index contributed by atoms with van der Waals surface area (Å²) in [5, 5.41) is 3.79. The van der Waals surface area contributed by atoms with Gasteiger partial charge in [-0.05, 0) is 25.8 Å². The molecule has 0 unspecified atom stereocenters. The van der Waals surface area contributed by atoms with Gasteiger partial charge >= 0.3 is 0 Å². The molecule has 2 nitrogen and oxygen atoms in total. The second kappa shape index (κ2) is 9.30. The first-order valence-corrected chi connectivity index (χ1v) is 5.05. The van der Waals surface area contributed by atoms with E-state index in [1.807, 2.05) is 13.0 Å². The van der Waals surface area contributed by atoms with Crippen LogP contribution in [-0.4, -0.2) is 12.8 Å². The van der Waals surface area contributed by atoms with E-state index in [4.69, 9.17) is 0 Å². The van der Waals surface area contributed by atoms with Gasteiger partial charge in [-0.25, -0.2) is 0 Å². The molecule has 0 bridgehead atoms. The zero-order chi connectivity index (χ0) is 9.94. The Morgan fingerprint density at radius 1 is 1.31 bits per heavy atom. The average Bonchev–Trinajstić information content (AvgIpc) is 2.11. The quantitative estimate of drug-likeness (QED) is 0.336. The zero-order valence-electron chi connectivity index (χ0n) is 9.05. The van der Waals surface area contributed by atoms with Crippen molar-refractivity contribution >= 4 is 5.71 Å². The van der Waals surface area contributed by atoms with Gasteiger partial charge in [0.15, 0.2) is 0 Å². The van der Waals surface area contributed by atoms with Crippen LogP contribution in [0.3, 0.4) is 0 Å². The van der Waals surface area contributed by atoms with Gasteiger partial charge in [0, 0.05) is 0 Å². The van der Waals surface area contributed by atoms with Crippen molar-refractivity contribution in [1.82, 2.24) is 0 Å². The molecule has 13 heavy (non-hydrogen) atoms. The number of oxime groups is 1. The van der Waals surface area contributed by atoms with E-state index in [0.29, 0.717) is 0 Å². The van der Waals surface area contributed by atoms with E-state index in [2.05, 4.69) is 23.0 Å². The predicted octanol–water partition coefficient (Wildman–Crippen LogP) is 3.54. The Hall–Kier alpha value is -0.790. The first kappa shape index (κ1) is 12.2. The maximum atomic E-state index is 4.64. The highest BCUT2D eigenvalue weighted by molar-refractivity contribution is 5.92. The summed E-state index contributed by atoms with van der Waals surface area (Å²) in [4.78, 5) is 4.64. The van der Waals surface area contributed by atoms with Crippen LogP contribution in [0.4, 0.5) is 0 Å². The molecule has 0 aromatic carbocycles. The number of hydrogen-bond acceptors (Lipinski definition) is 2. The molecule has 0 N–H and O–H groups in total. The fourth-order valence-corrected chi connectivity index (χ4v) is 1.12. The summed E-state index contributed by atoms with van der Waals surface area (Å²) in [6, 6.07) is 0. The fraction of sp³-hybridized carbons (Fsp3) is 0.727. The zero-order valence-corrected chi connectivity index (χ0v) is 9.05. The summed E-state index contributed by atoms with van der Waals surface area (Å²) in [5.41, 5.74) is 0.929. The van der Waals surface area contributed by atoms with Gasteiger partial charge in [0.05, 0.1) is 5.71 Å². The molecule has 0 rings (SSSR count). The normalized spacial score (nSPS) is 12.4. The van der Waals surface area contributed by atoms with Crippen LogP contribution in [0.25, 0.3) is 0 Å². The van der Waals surface area contributed by atoms with Gasteiger partial charge in [-0.3, -0.25) is 0 Å². The van der Waals surface area contributed by atoms with Crippen LogP contribution in [0.15, 0.2) is 17.3 Å². The van der Waals surface area contributed by atoms with Gasteiger partial charge in [0.25, 0.3) is 0 Å². The van der Waals surface area contributed by atoms with Crippen LogP contribution < -0.4 is 0 Å². The highest BCUT2D eigenvalue weighted by atomic mass is 16.6. The van der Waals surface area contributed by atoms with Gasteiger partial charge in [0.2, 0.25) is 0 Å². The minimum atomic E-state index is 0.929. The SMILES string of the molecule is CCCCCCC=CC(C)=NOC. The third kappa shape index (κ3) is 9.12. The molecule has 0 aromatic rings. The molecule has 0 aliphatic heterocycles. The number of rotatable bonds is 7. The molecule has 0 saturated carbocycles. The number of allylic oxidation sites excluding steroid dienone is 2. The Bertz CT molecular complexity index is 161. The first-order chi connectivity index (χ1) is 6.31. The molecule has 0 fully saturated rings. The molecule has 0 saturated heterocycles. The molecule has 0 radical (unpaired) electrons. The molecule has 0 heterocycles. The highest BCUT2D eigenvalue weighted by Crippen LogP contribution is 2.02. The van der Waals surface area contributed by atoms with Crippen LogP contribution in [-0.2, 0) is 4.84 Å². The van der Waals surface area contributed by atoms with Crippen molar-refractivity contribution < 1.29 is 4.84 Å². The molecular formula is C11H21NO. The highest BCUT2D eigenvalue weighted by Gasteiger charge is 1.85. The van der Waals surface area contributed by atoms with Gasteiger partial charge in [0.1, 0.15) is 7.11 Å². The van der Waals surface area contributed by atoms with Crippen molar-refractivity contribution in [2.24, 2.45) is 5.16 Å². The molecular weight excluding hydrogens is 162 g/mol. The van der Waals surface area contributed by atoms with Crippen molar-refractivity contribution in [3.05, 3.63) is 12.2 Å². The average molecular weight is 183 g/mol. The third-order valence-electron chi connectivity index (χ3n) is 1.82. The molecule has 0 aliphatic carbocycles. The van der Waals surface area contributed by atoms with E-state index in [1.165, 1.54) is 25.7 Å². The van der Waals surface area contributed by atoms with Gasteiger partial charge < -0.3 is 4.84 Å². The van der Waals surface area contributed by atoms with Crippen LogP contribution in [0.2, 0.25) is 0 Å². The lowest BCUT2D eigenvalue weighted by Crippen LogP contribution is -1.85. The largest absolute Gasteiger partial charge is 0.399 e. The van der Waals surface area contributed by atoms with Crippen LogP contribution in [0.1, 0.15) is 46.0 Å².